The molecule has 1 atom stereocenters. The third kappa shape index (κ3) is 3.39. The minimum Gasteiger partial charge on any atom is -0.337 e. The van der Waals surface area contributed by atoms with Crippen LogP contribution in [-0.2, 0) is 6.54 Å². The van der Waals surface area contributed by atoms with Crippen LogP contribution in [-0.4, -0.2) is 43.4 Å². The van der Waals surface area contributed by atoms with Gasteiger partial charge in [0.25, 0.3) is 5.91 Å². The molecule has 0 spiro atoms. The van der Waals surface area contributed by atoms with Crippen molar-refractivity contribution in [2.24, 2.45) is 0 Å². The Morgan fingerprint density at radius 2 is 2.12 bits per heavy atom. The van der Waals surface area contributed by atoms with Crippen molar-refractivity contribution in [3.63, 3.8) is 0 Å². The van der Waals surface area contributed by atoms with E-state index in [4.69, 9.17) is 0 Å². The highest BCUT2D eigenvalue weighted by Gasteiger charge is 2.29. The lowest BCUT2D eigenvalue weighted by atomic mass is 9.96. The summed E-state index contributed by atoms with van der Waals surface area (Å²) in [7, 11) is 0. The fraction of sp³-hybridized carbons (Fsp3) is 0.368. The number of thiazole rings is 1. The maximum absolute atomic E-state index is 12.8. The molecule has 0 radical (unpaired) electrons. The van der Waals surface area contributed by atoms with Crippen molar-refractivity contribution >= 4 is 17.2 Å². The van der Waals surface area contributed by atoms with E-state index in [1.165, 1.54) is 16.9 Å². The molecular weight excluding hydrogens is 346 g/mol. The number of aromatic nitrogens is 4. The smallest absolute Gasteiger partial charge is 0.265 e. The molecule has 0 aromatic carbocycles. The van der Waals surface area contributed by atoms with E-state index in [1.807, 2.05) is 48.7 Å². The Morgan fingerprint density at radius 1 is 1.27 bits per heavy atom. The summed E-state index contributed by atoms with van der Waals surface area (Å²) in [6.45, 7) is 4.18. The molecule has 0 saturated carbocycles. The van der Waals surface area contributed by atoms with Gasteiger partial charge in [-0.2, -0.15) is 0 Å². The van der Waals surface area contributed by atoms with E-state index in [2.05, 4.69) is 19.5 Å². The van der Waals surface area contributed by atoms with E-state index in [9.17, 15) is 4.79 Å². The number of carbonyl (C=O) groups excluding carboxylic acids is 1. The van der Waals surface area contributed by atoms with Gasteiger partial charge in [0.2, 0.25) is 0 Å². The molecule has 0 bridgehead atoms. The maximum atomic E-state index is 12.8. The first-order valence-corrected chi connectivity index (χ1v) is 9.69. The summed E-state index contributed by atoms with van der Waals surface area (Å²) in [5.41, 5.74) is 3.76. The standard InChI is InChI=1S/C19H21N5OS/c1-14-17(26-13-22-14)19(25)24-9-2-3-16(12-24)18-21-8-10-23(18)11-15-4-6-20-7-5-15/h4-8,10,13,16H,2-3,9,11-12H2,1H3/t16-/m1/s1. The monoisotopic (exact) mass is 367 g/mol. The van der Waals surface area contributed by atoms with E-state index in [1.54, 1.807) is 5.51 Å². The van der Waals surface area contributed by atoms with Crippen molar-refractivity contribution in [1.82, 2.24) is 24.4 Å². The average molecular weight is 367 g/mol. The number of carbonyl (C=O) groups is 1. The third-order valence-electron chi connectivity index (χ3n) is 4.86. The predicted molar refractivity (Wildman–Crippen MR) is 100 cm³/mol. The van der Waals surface area contributed by atoms with E-state index in [-0.39, 0.29) is 11.8 Å². The van der Waals surface area contributed by atoms with Gasteiger partial charge in [-0.3, -0.25) is 9.78 Å². The average Bonchev–Trinajstić information content (AvgIpc) is 3.31. The molecule has 3 aromatic rings. The van der Waals surface area contributed by atoms with Gasteiger partial charge in [0.05, 0.1) is 11.2 Å². The number of nitrogens with zero attached hydrogens (tertiary/aromatic N) is 5. The molecule has 7 heteroatoms. The number of imidazole rings is 1. The number of likely N-dealkylation sites (tertiary alicyclic amines) is 1. The van der Waals surface area contributed by atoms with Crippen LogP contribution in [0.4, 0.5) is 0 Å². The number of pyridine rings is 1. The van der Waals surface area contributed by atoms with E-state index >= 15 is 0 Å². The largest absolute Gasteiger partial charge is 0.337 e. The predicted octanol–water partition coefficient (Wildman–Crippen LogP) is 3.11. The number of hydrogen-bond acceptors (Lipinski definition) is 5. The Hall–Kier alpha value is -2.54. The molecule has 0 unspecified atom stereocenters. The van der Waals surface area contributed by atoms with E-state index in [0.29, 0.717) is 6.54 Å². The van der Waals surface area contributed by atoms with Gasteiger partial charge in [-0.1, -0.05) is 0 Å². The quantitative estimate of drug-likeness (QED) is 0.711. The summed E-state index contributed by atoms with van der Waals surface area (Å²) >= 11 is 1.43. The number of rotatable bonds is 4. The molecule has 1 amide bonds. The number of hydrogen-bond donors (Lipinski definition) is 0. The van der Waals surface area contributed by atoms with E-state index < -0.39 is 0 Å². The number of aryl methyl sites for hydroxylation is 1. The zero-order valence-corrected chi connectivity index (χ0v) is 15.5. The summed E-state index contributed by atoms with van der Waals surface area (Å²) in [5, 5.41) is 0. The molecule has 1 saturated heterocycles. The molecule has 4 rings (SSSR count). The van der Waals surface area contributed by atoms with Crippen molar-refractivity contribution in [1.29, 1.82) is 0 Å². The van der Waals surface area contributed by atoms with Gasteiger partial charge in [-0.15, -0.1) is 11.3 Å². The van der Waals surface area contributed by atoms with Crippen LogP contribution in [0.15, 0.2) is 42.4 Å². The zero-order chi connectivity index (χ0) is 17.9. The molecule has 3 aromatic heterocycles. The molecule has 6 nitrogen and oxygen atoms in total. The normalized spacial score (nSPS) is 17.4. The van der Waals surface area contributed by atoms with Crippen molar-refractivity contribution in [2.75, 3.05) is 13.1 Å². The molecule has 0 N–H and O–H groups in total. The summed E-state index contributed by atoms with van der Waals surface area (Å²) in [6.07, 6.45) is 9.54. The lowest BCUT2D eigenvalue weighted by Gasteiger charge is -2.32. The second-order valence-corrected chi connectivity index (χ2v) is 7.48. The summed E-state index contributed by atoms with van der Waals surface area (Å²) < 4.78 is 2.19. The van der Waals surface area contributed by atoms with E-state index in [0.717, 1.165) is 42.3 Å². The lowest BCUT2D eigenvalue weighted by molar-refractivity contribution is 0.0707. The Morgan fingerprint density at radius 3 is 2.88 bits per heavy atom. The highest BCUT2D eigenvalue weighted by Crippen LogP contribution is 2.28. The lowest BCUT2D eigenvalue weighted by Crippen LogP contribution is -2.39. The number of amides is 1. The van der Waals surface area contributed by atoms with Crippen LogP contribution in [0.1, 0.15) is 45.5 Å². The van der Waals surface area contributed by atoms with Gasteiger partial charge < -0.3 is 9.47 Å². The highest BCUT2D eigenvalue weighted by molar-refractivity contribution is 7.11. The Kier molecular flexibility index (Phi) is 4.79. The fourth-order valence-corrected chi connectivity index (χ4v) is 4.29. The summed E-state index contributed by atoms with van der Waals surface area (Å²) in [4.78, 5) is 28.4. The molecule has 4 heterocycles. The molecule has 134 valence electrons. The van der Waals surface area contributed by atoms with Crippen molar-refractivity contribution < 1.29 is 4.79 Å². The van der Waals surface area contributed by atoms with Gasteiger partial charge in [0.15, 0.2) is 0 Å². The van der Waals surface area contributed by atoms with Gasteiger partial charge in [-0.05, 0) is 37.5 Å². The molecule has 1 fully saturated rings. The second-order valence-electron chi connectivity index (χ2n) is 6.63. The van der Waals surface area contributed by atoms with Crippen LogP contribution < -0.4 is 0 Å². The minimum absolute atomic E-state index is 0.0990. The Labute approximate surface area is 156 Å². The highest BCUT2D eigenvalue weighted by atomic mass is 32.1. The van der Waals surface area contributed by atoms with Crippen LogP contribution in [0, 0.1) is 6.92 Å². The Balaban J connectivity index is 1.51. The van der Waals surface area contributed by atoms with Crippen molar-refractivity contribution in [3.05, 3.63) is 64.4 Å². The van der Waals surface area contributed by atoms with Gasteiger partial charge in [0, 0.05) is 50.3 Å². The van der Waals surface area contributed by atoms with Crippen LogP contribution >= 0.6 is 11.3 Å². The fourth-order valence-electron chi connectivity index (χ4n) is 3.52. The van der Waals surface area contributed by atoms with Crippen LogP contribution in [0.2, 0.25) is 0 Å². The molecular formula is C19H21N5OS. The van der Waals surface area contributed by atoms with Crippen molar-refractivity contribution in [3.8, 4) is 0 Å². The summed E-state index contributed by atoms with van der Waals surface area (Å²) in [6, 6.07) is 4.04. The van der Waals surface area contributed by atoms with Crippen LogP contribution in [0.3, 0.4) is 0 Å². The topological polar surface area (TPSA) is 63.9 Å². The number of piperidine rings is 1. The first-order chi connectivity index (χ1) is 12.7. The molecule has 26 heavy (non-hydrogen) atoms. The maximum Gasteiger partial charge on any atom is 0.265 e. The van der Waals surface area contributed by atoms with Crippen LogP contribution in [0.25, 0.3) is 0 Å². The van der Waals surface area contributed by atoms with Gasteiger partial charge >= 0.3 is 0 Å². The Bertz CT molecular complexity index is 888. The van der Waals surface area contributed by atoms with Crippen LogP contribution in [0.5, 0.6) is 0 Å². The SMILES string of the molecule is Cc1ncsc1C(=O)N1CCC[C@@H](c2nccn2Cc2ccncc2)C1. The zero-order valence-electron chi connectivity index (χ0n) is 14.7. The van der Waals surface area contributed by atoms with Crippen molar-refractivity contribution in [2.45, 2.75) is 32.2 Å². The molecule has 1 aliphatic rings. The first kappa shape index (κ1) is 16.9. The van der Waals surface area contributed by atoms with Gasteiger partial charge in [0.1, 0.15) is 10.7 Å². The minimum atomic E-state index is 0.0990. The molecule has 1 aliphatic heterocycles. The van der Waals surface area contributed by atoms with Gasteiger partial charge in [-0.25, -0.2) is 9.97 Å². The first-order valence-electron chi connectivity index (χ1n) is 8.81. The molecule has 0 aliphatic carbocycles. The summed E-state index contributed by atoms with van der Waals surface area (Å²) in [5.74, 6) is 1.42. The second kappa shape index (κ2) is 7.37. The third-order valence-corrected chi connectivity index (χ3v) is 5.78.